The largest absolute Gasteiger partial charge is 0.467 e. The van der Waals surface area contributed by atoms with Gasteiger partial charge in [-0.15, -0.1) is 0 Å². The van der Waals surface area contributed by atoms with Gasteiger partial charge in [-0.25, -0.2) is 4.79 Å². The van der Waals surface area contributed by atoms with E-state index in [-0.39, 0.29) is 18.4 Å². The number of nitrogens with one attached hydrogen (secondary N) is 1. The Morgan fingerprint density at radius 3 is 2.83 bits per heavy atom. The van der Waals surface area contributed by atoms with Crippen molar-refractivity contribution in [3.8, 4) is 0 Å². The second-order valence-corrected chi connectivity index (χ2v) is 4.18. The monoisotopic (exact) mass is 248 g/mol. The highest BCUT2D eigenvalue weighted by atomic mass is 16.5. The first-order chi connectivity index (χ1) is 8.72. The fraction of sp³-hybridized carbons (Fsp3) is 0.385. The molecule has 0 aliphatic carbocycles. The van der Waals surface area contributed by atoms with Gasteiger partial charge in [0.2, 0.25) is 5.91 Å². The molecule has 5 nitrogen and oxygen atoms in total. The van der Waals surface area contributed by atoms with Gasteiger partial charge in [-0.3, -0.25) is 4.79 Å². The number of hydrogen-bond donors (Lipinski definition) is 1. The molecule has 0 spiro atoms. The van der Waals surface area contributed by atoms with Crippen LogP contribution in [-0.4, -0.2) is 43.0 Å². The molecule has 1 aliphatic heterocycles. The minimum Gasteiger partial charge on any atom is -0.467 e. The first-order valence-corrected chi connectivity index (χ1v) is 5.84. The number of carbonyl (C=O) groups excluding carboxylic acids is 2. The average Bonchev–Trinajstić information content (AvgIpc) is 2.41. The molecule has 1 aliphatic rings. The van der Waals surface area contributed by atoms with E-state index in [2.05, 4.69) is 5.32 Å². The van der Waals surface area contributed by atoms with Crippen LogP contribution in [-0.2, 0) is 20.9 Å². The number of amides is 1. The SMILES string of the molecule is COC(=O)[C@H]1CNCC(=O)N1Cc1ccccc1. The number of piperazine rings is 1. The van der Waals surface area contributed by atoms with Crippen LogP contribution in [0.15, 0.2) is 30.3 Å². The van der Waals surface area contributed by atoms with Crippen LogP contribution >= 0.6 is 0 Å². The molecular formula is C13H16N2O3. The molecule has 1 fully saturated rings. The van der Waals surface area contributed by atoms with Crippen LogP contribution in [0.5, 0.6) is 0 Å². The molecule has 1 N–H and O–H groups in total. The Labute approximate surface area is 106 Å². The highest BCUT2D eigenvalue weighted by Crippen LogP contribution is 2.12. The minimum atomic E-state index is -0.545. The summed E-state index contributed by atoms with van der Waals surface area (Å²) in [6, 6.07) is 9.06. The van der Waals surface area contributed by atoms with Crippen LogP contribution in [0.2, 0.25) is 0 Å². The lowest BCUT2D eigenvalue weighted by molar-refractivity contribution is -0.155. The average molecular weight is 248 g/mol. The highest BCUT2D eigenvalue weighted by Gasteiger charge is 2.33. The molecule has 18 heavy (non-hydrogen) atoms. The molecule has 0 unspecified atom stereocenters. The standard InChI is InChI=1S/C13H16N2O3/c1-18-13(17)11-7-14-8-12(16)15(11)9-10-5-3-2-4-6-10/h2-6,11,14H,7-9H2,1H3/t11-/m1/s1. The van der Waals surface area contributed by atoms with Crippen molar-refractivity contribution in [1.82, 2.24) is 10.2 Å². The van der Waals surface area contributed by atoms with E-state index in [4.69, 9.17) is 4.74 Å². The Morgan fingerprint density at radius 2 is 2.17 bits per heavy atom. The first kappa shape index (κ1) is 12.6. The topological polar surface area (TPSA) is 58.6 Å². The summed E-state index contributed by atoms with van der Waals surface area (Å²) in [5.74, 6) is -0.466. The van der Waals surface area contributed by atoms with Crippen LogP contribution in [0, 0.1) is 0 Å². The molecular weight excluding hydrogens is 232 g/mol. The van der Waals surface area contributed by atoms with Crippen molar-refractivity contribution in [1.29, 1.82) is 0 Å². The van der Waals surface area contributed by atoms with Gasteiger partial charge in [-0.2, -0.15) is 0 Å². The highest BCUT2D eigenvalue weighted by molar-refractivity contribution is 5.87. The Kier molecular flexibility index (Phi) is 3.94. The minimum absolute atomic E-state index is 0.0829. The fourth-order valence-corrected chi connectivity index (χ4v) is 2.03. The number of carbonyl (C=O) groups is 2. The maximum absolute atomic E-state index is 11.9. The summed E-state index contributed by atoms with van der Waals surface area (Å²) in [7, 11) is 1.34. The number of hydrogen-bond acceptors (Lipinski definition) is 4. The second-order valence-electron chi connectivity index (χ2n) is 4.18. The van der Waals surface area contributed by atoms with Gasteiger partial charge in [-0.05, 0) is 5.56 Å². The van der Waals surface area contributed by atoms with E-state index in [9.17, 15) is 9.59 Å². The molecule has 2 rings (SSSR count). The molecule has 1 saturated heterocycles. The van der Waals surface area contributed by atoms with Crippen LogP contribution in [0.25, 0.3) is 0 Å². The lowest BCUT2D eigenvalue weighted by Gasteiger charge is -2.34. The van der Waals surface area contributed by atoms with Crippen LogP contribution in [0.3, 0.4) is 0 Å². The summed E-state index contributed by atoms with van der Waals surface area (Å²) < 4.78 is 4.73. The van der Waals surface area contributed by atoms with Crippen LogP contribution in [0.4, 0.5) is 0 Å². The van der Waals surface area contributed by atoms with E-state index in [0.29, 0.717) is 13.1 Å². The van der Waals surface area contributed by atoms with Crippen molar-refractivity contribution in [2.45, 2.75) is 12.6 Å². The summed E-state index contributed by atoms with van der Waals surface area (Å²) in [6.07, 6.45) is 0. The molecule has 96 valence electrons. The molecule has 0 radical (unpaired) electrons. The van der Waals surface area contributed by atoms with Crippen molar-refractivity contribution in [2.75, 3.05) is 20.2 Å². The van der Waals surface area contributed by atoms with E-state index in [0.717, 1.165) is 5.56 Å². The Hall–Kier alpha value is -1.88. The number of benzene rings is 1. The maximum atomic E-state index is 11.9. The fourth-order valence-electron chi connectivity index (χ4n) is 2.03. The summed E-state index contributed by atoms with van der Waals surface area (Å²) in [4.78, 5) is 25.1. The molecule has 0 aromatic heterocycles. The van der Waals surface area contributed by atoms with Crippen molar-refractivity contribution >= 4 is 11.9 Å². The van der Waals surface area contributed by atoms with Gasteiger partial charge >= 0.3 is 5.97 Å². The summed E-state index contributed by atoms with van der Waals surface area (Å²) in [5, 5.41) is 2.92. The van der Waals surface area contributed by atoms with Crippen LogP contribution in [0.1, 0.15) is 5.56 Å². The second kappa shape index (κ2) is 5.64. The smallest absolute Gasteiger partial charge is 0.329 e. The van der Waals surface area contributed by atoms with Crippen molar-refractivity contribution in [3.05, 3.63) is 35.9 Å². The third-order valence-electron chi connectivity index (χ3n) is 2.98. The third kappa shape index (κ3) is 2.68. The van der Waals surface area contributed by atoms with Gasteiger partial charge in [0.05, 0.1) is 13.7 Å². The van der Waals surface area contributed by atoms with Crippen molar-refractivity contribution < 1.29 is 14.3 Å². The quantitative estimate of drug-likeness (QED) is 0.774. The summed E-state index contributed by atoms with van der Waals surface area (Å²) >= 11 is 0. The number of rotatable bonds is 3. The first-order valence-electron chi connectivity index (χ1n) is 5.84. The molecule has 0 bridgehead atoms. The van der Waals surface area contributed by atoms with Gasteiger partial charge in [0.15, 0.2) is 0 Å². The molecule has 1 amide bonds. The Bertz CT molecular complexity index is 433. The normalized spacial score (nSPS) is 19.7. The number of ether oxygens (including phenoxy) is 1. The molecule has 0 saturated carbocycles. The van der Waals surface area contributed by atoms with E-state index >= 15 is 0 Å². The number of methoxy groups -OCH3 is 1. The van der Waals surface area contributed by atoms with Gasteiger partial charge in [-0.1, -0.05) is 30.3 Å². The summed E-state index contributed by atoms with van der Waals surface area (Å²) in [5.41, 5.74) is 1.00. The van der Waals surface area contributed by atoms with Gasteiger partial charge in [0.1, 0.15) is 6.04 Å². The molecule has 1 aromatic rings. The van der Waals surface area contributed by atoms with E-state index in [1.165, 1.54) is 7.11 Å². The number of nitrogens with zero attached hydrogens (tertiary/aromatic N) is 1. The van der Waals surface area contributed by atoms with E-state index in [1.54, 1.807) is 4.90 Å². The van der Waals surface area contributed by atoms with Crippen molar-refractivity contribution in [2.24, 2.45) is 0 Å². The zero-order valence-electron chi connectivity index (χ0n) is 10.3. The lowest BCUT2D eigenvalue weighted by Crippen LogP contribution is -2.57. The van der Waals surface area contributed by atoms with Gasteiger partial charge < -0.3 is 15.0 Å². The zero-order valence-corrected chi connectivity index (χ0v) is 10.3. The molecule has 1 atom stereocenters. The van der Waals surface area contributed by atoms with Gasteiger partial charge in [0, 0.05) is 13.1 Å². The lowest BCUT2D eigenvalue weighted by atomic mass is 10.1. The Balaban J connectivity index is 2.15. The van der Waals surface area contributed by atoms with Crippen molar-refractivity contribution in [3.63, 3.8) is 0 Å². The molecule has 1 heterocycles. The third-order valence-corrected chi connectivity index (χ3v) is 2.98. The molecule has 5 heteroatoms. The van der Waals surface area contributed by atoms with E-state index in [1.807, 2.05) is 30.3 Å². The number of esters is 1. The maximum Gasteiger partial charge on any atom is 0.329 e. The van der Waals surface area contributed by atoms with E-state index < -0.39 is 6.04 Å². The van der Waals surface area contributed by atoms with Crippen LogP contribution < -0.4 is 5.32 Å². The predicted molar refractivity (Wildman–Crippen MR) is 65.7 cm³/mol. The summed E-state index contributed by atoms with van der Waals surface area (Å²) in [6.45, 7) is 1.13. The zero-order chi connectivity index (χ0) is 13.0. The molecule has 1 aromatic carbocycles. The Morgan fingerprint density at radius 1 is 1.44 bits per heavy atom. The van der Waals surface area contributed by atoms with Gasteiger partial charge in [0.25, 0.3) is 0 Å². The predicted octanol–water partition coefficient (Wildman–Crippen LogP) is 0.160.